The normalized spacial score (nSPS) is 11.6. The van der Waals surface area contributed by atoms with Gasteiger partial charge in [-0.3, -0.25) is 9.59 Å². The molecule has 0 aliphatic heterocycles. The monoisotopic (exact) mass is 431 g/mol. The van der Waals surface area contributed by atoms with Gasteiger partial charge in [0.1, 0.15) is 0 Å². The highest BCUT2D eigenvalue weighted by molar-refractivity contribution is 9.10. The van der Waals surface area contributed by atoms with Gasteiger partial charge >= 0.3 is 6.18 Å². The summed E-state index contributed by atoms with van der Waals surface area (Å²) in [6.45, 7) is 0. The number of nitrogens with one attached hydrogen (secondary N) is 1. The molecule has 0 aromatic heterocycles. The van der Waals surface area contributed by atoms with E-state index < -0.39 is 29.1 Å². The van der Waals surface area contributed by atoms with Crippen LogP contribution in [0.15, 0.2) is 59.1 Å². The molecule has 8 heteroatoms. The van der Waals surface area contributed by atoms with Crippen LogP contribution < -0.4 is 5.32 Å². The maximum Gasteiger partial charge on any atom is 0.418 e. The Hall–Kier alpha value is -2.12. The van der Waals surface area contributed by atoms with E-state index in [0.717, 1.165) is 22.7 Å². The van der Waals surface area contributed by atoms with Crippen LogP contribution in [0.25, 0.3) is 0 Å². The molecule has 3 nitrogen and oxygen atoms in total. The summed E-state index contributed by atoms with van der Waals surface area (Å²) in [5.74, 6) is -1.31. The van der Waals surface area contributed by atoms with Crippen molar-refractivity contribution >= 4 is 44.9 Å². The van der Waals surface area contributed by atoms with Gasteiger partial charge in [-0.15, -0.1) is 0 Å². The van der Waals surface area contributed by atoms with Crippen molar-refractivity contribution in [2.45, 2.75) is 6.18 Å². The molecule has 0 bridgehead atoms. The summed E-state index contributed by atoms with van der Waals surface area (Å²) < 4.78 is 39.7. The van der Waals surface area contributed by atoms with E-state index in [0.29, 0.717) is 11.6 Å². The highest BCUT2D eigenvalue weighted by atomic mass is 79.9. The maximum atomic E-state index is 13.0. The van der Waals surface area contributed by atoms with Crippen LogP contribution in [-0.2, 0) is 11.0 Å². The lowest BCUT2D eigenvalue weighted by Crippen LogP contribution is -2.15. The minimum Gasteiger partial charge on any atom is -0.322 e. The zero-order valence-electron chi connectivity index (χ0n) is 12.4. The molecule has 2 rings (SSSR count). The number of carbonyl (C=O) groups excluding carboxylic acids is 2. The molecule has 0 unspecified atom stereocenters. The van der Waals surface area contributed by atoms with E-state index in [-0.39, 0.29) is 5.02 Å². The standard InChI is InChI=1S/C17H10BrClF3NO2/c18-11-3-1-10(2-4-11)15(24)7-8-16(25)23-14-6-5-12(19)9-13(14)17(20,21)22/h1-9H,(H,23,25)/b8-7+. The van der Waals surface area contributed by atoms with E-state index in [4.69, 9.17) is 11.6 Å². The Morgan fingerprint density at radius 2 is 1.68 bits per heavy atom. The lowest BCUT2D eigenvalue weighted by atomic mass is 10.1. The second-order valence-corrected chi connectivity index (χ2v) is 6.23. The van der Waals surface area contributed by atoms with Gasteiger partial charge in [0.2, 0.25) is 5.91 Å². The molecule has 2 aromatic rings. The largest absolute Gasteiger partial charge is 0.418 e. The third kappa shape index (κ3) is 5.44. The number of hydrogen-bond donors (Lipinski definition) is 1. The summed E-state index contributed by atoms with van der Waals surface area (Å²) in [4.78, 5) is 23.7. The van der Waals surface area contributed by atoms with Gasteiger partial charge in [-0.05, 0) is 48.5 Å². The van der Waals surface area contributed by atoms with Gasteiger partial charge < -0.3 is 5.32 Å². The fourth-order valence-corrected chi connectivity index (χ4v) is 2.33. The number of ketones is 1. The molecule has 0 aliphatic rings. The molecule has 130 valence electrons. The van der Waals surface area contributed by atoms with Gasteiger partial charge in [-0.1, -0.05) is 27.5 Å². The first-order valence-corrected chi connectivity index (χ1v) is 7.99. The molecule has 0 saturated heterocycles. The summed E-state index contributed by atoms with van der Waals surface area (Å²) in [5, 5.41) is 1.99. The van der Waals surface area contributed by atoms with Crippen LogP contribution in [0.5, 0.6) is 0 Å². The summed E-state index contributed by atoms with van der Waals surface area (Å²) in [6.07, 6.45) is -2.81. The number of alkyl halides is 3. The van der Waals surface area contributed by atoms with Gasteiger partial charge in [-0.2, -0.15) is 13.2 Å². The van der Waals surface area contributed by atoms with Crippen molar-refractivity contribution in [3.63, 3.8) is 0 Å². The van der Waals surface area contributed by atoms with E-state index in [9.17, 15) is 22.8 Å². The van der Waals surface area contributed by atoms with E-state index in [1.807, 2.05) is 0 Å². The zero-order chi connectivity index (χ0) is 18.6. The van der Waals surface area contributed by atoms with Gasteiger partial charge in [0.15, 0.2) is 5.78 Å². The lowest BCUT2D eigenvalue weighted by molar-refractivity contribution is -0.136. The summed E-state index contributed by atoms with van der Waals surface area (Å²) in [7, 11) is 0. The summed E-state index contributed by atoms with van der Waals surface area (Å²) in [6, 6.07) is 9.41. The Morgan fingerprint density at radius 1 is 1.04 bits per heavy atom. The molecule has 0 fully saturated rings. The molecule has 1 amide bonds. The smallest absolute Gasteiger partial charge is 0.322 e. The first-order valence-electron chi connectivity index (χ1n) is 6.82. The number of halogens is 5. The number of benzene rings is 2. The topological polar surface area (TPSA) is 46.2 Å². The Kier molecular flexibility index (Phi) is 6.02. The molecule has 0 radical (unpaired) electrons. The van der Waals surface area contributed by atoms with Crippen LogP contribution >= 0.6 is 27.5 Å². The molecule has 2 aromatic carbocycles. The second kappa shape index (κ2) is 7.84. The van der Waals surface area contributed by atoms with Gasteiger partial charge in [0.25, 0.3) is 0 Å². The van der Waals surface area contributed by atoms with Crippen LogP contribution in [0.2, 0.25) is 5.02 Å². The number of allylic oxidation sites excluding steroid dienone is 1. The van der Waals surface area contributed by atoms with Crippen LogP contribution in [0.4, 0.5) is 18.9 Å². The third-order valence-corrected chi connectivity index (χ3v) is 3.82. The van der Waals surface area contributed by atoms with Crippen LogP contribution in [0.1, 0.15) is 15.9 Å². The molecular weight excluding hydrogens is 423 g/mol. The lowest BCUT2D eigenvalue weighted by Gasteiger charge is -2.13. The first kappa shape index (κ1) is 19.2. The van der Waals surface area contributed by atoms with E-state index in [1.54, 1.807) is 24.3 Å². The molecular formula is C17H10BrClF3NO2. The third-order valence-electron chi connectivity index (χ3n) is 3.06. The average Bonchev–Trinajstić information content (AvgIpc) is 2.54. The molecule has 1 N–H and O–H groups in total. The maximum absolute atomic E-state index is 13.0. The van der Waals surface area contributed by atoms with Crippen molar-refractivity contribution in [1.29, 1.82) is 0 Å². The minimum absolute atomic E-state index is 0.105. The number of anilines is 1. The Morgan fingerprint density at radius 3 is 2.28 bits per heavy atom. The van der Waals surface area contributed by atoms with Crippen LogP contribution in [0.3, 0.4) is 0 Å². The van der Waals surface area contributed by atoms with Crippen molar-refractivity contribution in [1.82, 2.24) is 0 Å². The number of hydrogen-bond acceptors (Lipinski definition) is 2. The average molecular weight is 433 g/mol. The minimum atomic E-state index is -4.68. The molecule has 0 heterocycles. The first-order chi connectivity index (χ1) is 11.7. The van der Waals surface area contributed by atoms with Crippen molar-refractivity contribution in [3.05, 3.63) is 75.2 Å². The van der Waals surface area contributed by atoms with E-state index in [2.05, 4.69) is 21.2 Å². The quantitative estimate of drug-likeness (QED) is 0.512. The number of amides is 1. The van der Waals surface area contributed by atoms with E-state index >= 15 is 0 Å². The van der Waals surface area contributed by atoms with Crippen molar-refractivity contribution in [3.8, 4) is 0 Å². The van der Waals surface area contributed by atoms with Gasteiger partial charge in [0, 0.05) is 21.1 Å². The molecule has 25 heavy (non-hydrogen) atoms. The van der Waals surface area contributed by atoms with Gasteiger partial charge in [-0.25, -0.2) is 0 Å². The van der Waals surface area contributed by atoms with Crippen LogP contribution in [0, 0.1) is 0 Å². The second-order valence-electron chi connectivity index (χ2n) is 4.88. The predicted octanol–water partition coefficient (Wildman–Crippen LogP) is 5.50. The zero-order valence-corrected chi connectivity index (χ0v) is 14.7. The highest BCUT2D eigenvalue weighted by Gasteiger charge is 2.34. The van der Waals surface area contributed by atoms with Crippen molar-refractivity contribution in [2.24, 2.45) is 0 Å². The fourth-order valence-electron chi connectivity index (χ4n) is 1.90. The number of rotatable bonds is 4. The Labute approximate surface area is 154 Å². The molecule has 0 saturated carbocycles. The molecule has 0 spiro atoms. The number of carbonyl (C=O) groups is 2. The van der Waals surface area contributed by atoms with Crippen LogP contribution in [-0.4, -0.2) is 11.7 Å². The van der Waals surface area contributed by atoms with Crippen molar-refractivity contribution < 1.29 is 22.8 Å². The Balaban J connectivity index is 2.12. The molecule has 0 atom stereocenters. The van der Waals surface area contributed by atoms with Crippen molar-refractivity contribution in [2.75, 3.05) is 5.32 Å². The summed E-state index contributed by atoms with van der Waals surface area (Å²) >= 11 is 8.79. The SMILES string of the molecule is O=C(/C=C/C(=O)c1ccc(Br)cc1)Nc1ccc(Cl)cc1C(F)(F)F. The van der Waals surface area contributed by atoms with Gasteiger partial charge in [0.05, 0.1) is 11.3 Å². The predicted molar refractivity (Wildman–Crippen MR) is 92.7 cm³/mol. The summed E-state index contributed by atoms with van der Waals surface area (Å²) in [5.41, 5.74) is -1.17. The fraction of sp³-hybridized carbons (Fsp3) is 0.0588. The van der Waals surface area contributed by atoms with E-state index in [1.165, 1.54) is 6.07 Å². The molecule has 0 aliphatic carbocycles. The highest BCUT2D eigenvalue weighted by Crippen LogP contribution is 2.36. The Bertz CT molecular complexity index is 833.